The number of rotatable bonds is 8. The summed E-state index contributed by atoms with van der Waals surface area (Å²) < 4.78 is 22.6. The van der Waals surface area contributed by atoms with Gasteiger partial charge in [-0.1, -0.05) is 35.9 Å². The number of hydrogen-bond acceptors (Lipinski definition) is 9. The van der Waals surface area contributed by atoms with Crippen LogP contribution < -0.4 is 10.1 Å². The number of esters is 1. The summed E-state index contributed by atoms with van der Waals surface area (Å²) in [7, 11) is 0. The second-order valence-corrected chi connectivity index (χ2v) is 10.5. The molecule has 0 saturated carbocycles. The summed E-state index contributed by atoms with van der Waals surface area (Å²) in [5.74, 6) is 0.364. The lowest BCUT2D eigenvalue weighted by Gasteiger charge is -2.40. The topological polar surface area (TPSA) is 127 Å². The standard InChI is InChI=1S/C28H34ClNO8/c29-21-8-5-17(13-18(21)12-16-3-6-19(7-4-16)37-20-9-11-35-14-20)27-26(33)25(32)24(31)23(38-27)15-36-28(34)22-2-1-10-30-22/h3-8,13,20,22-27,30-33H,1-2,9-12,14-15H2/t20-,22-,23-,24-,25+,26-,27+/m1/s1. The first-order valence-corrected chi connectivity index (χ1v) is 13.5. The molecule has 3 fully saturated rings. The van der Waals surface area contributed by atoms with Gasteiger partial charge in [0.2, 0.25) is 0 Å². The predicted molar refractivity (Wildman–Crippen MR) is 138 cm³/mol. The molecule has 9 nitrogen and oxygen atoms in total. The van der Waals surface area contributed by atoms with Crippen molar-refractivity contribution in [1.82, 2.24) is 5.32 Å². The molecule has 0 spiro atoms. The van der Waals surface area contributed by atoms with E-state index in [2.05, 4.69) is 5.32 Å². The first-order chi connectivity index (χ1) is 18.4. The maximum absolute atomic E-state index is 12.3. The summed E-state index contributed by atoms with van der Waals surface area (Å²) in [5.41, 5.74) is 2.43. The number of ether oxygens (including phenoxy) is 4. The number of carbonyl (C=O) groups is 1. The molecule has 0 unspecified atom stereocenters. The molecule has 0 aliphatic carbocycles. The van der Waals surface area contributed by atoms with Gasteiger partial charge in [0.1, 0.15) is 55.0 Å². The second kappa shape index (κ2) is 12.3. The summed E-state index contributed by atoms with van der Waals surface area (Å²) in [6.07, 6.45) is -3.13. The van der Waals surface area contributed by atoms with E-state index in [4.69, 9.17) is 30.5 Å². The number of aliphatic hydroxyl groups is 3. The van der Waals surface area contributed by atoms with Gasteiger partial charge in [-0.05, 0) is 60.7 Å². The summed E-state index contributed by atoms with van der Waals surface area (Å²) in [6.45, 7) is 1.84. The zero-order valence-electron chi connectivity index (χ0n) is 21.0. The van der Waals surface area contributed by atoms with Crippen LogP contribution in [0.4, 0.5) is 0 Å². The van der Waals surface area contributed by atoms with Gasteiger partial charge in [0.15, 0.2) is 0 Å². The highest BCUT2D eigenvalue weighted by atomic mass is 35.5. The molecular formula is C28H34ClNO8. The van der Waals surface area contributed by atoms with Gasteiger partial charge >= 0.3 is 5.97 Å². The SMILES string of the molecule is O=C(OC[C@H]1O[C@@H](c2ccc(Cl)c(Cc3ccc(O[C@@H]4CCOC4)cc3)c2)[C@H](O)[C@@H](O)[C@@H]1O)[C@H]1CCCN1. The van der Waals surface area contributed by atoms with Crippen LogP contribution in [0.1, 0.15) is 42.1 Å². The minimum Gasteiger partial charge on any atom is -0.488 e. The van der Waals surface area contributed by atoms with Crippen molar-refractivity contribution in [1.29, 1.82) is 0 Å². The zero-order valence-corrected chi connectivity index (χ0v) is 21.8. The van der Waals surface area contributed by atoms with Gasteiger partial charge in [-0.3, -0.25) is 4.79 Å². The van der Waals surface area contributed by atoms with E-state index in [-0.39, 0.29) is 18.8 Å². The molecule has 3 heterocycles. The second-order valence-electron chi connectivity index (χ2n) is 10.1. The smallest absolute Gasteiger partial charge is 0.323 e. The molecular weight excluding hydrogens is 514 g/mol. The van der Waals surface area contributed by atoms with Gasteiger partial charge in [-0.15, -0.1) is 0 Å². The molecule has 0 amide bonds. The maximum atomic E-state index is 12.3. The summed E-state index contributed by atoms with van der Waals surface area (Å²) in [5, 5.41) is 35.3. The normalized spacial score (nSPS) is 31.3. The molecule has 10 heteroatoms. The van der Waals surface area contributed by atoms with Crippen LogP contribution in [0.15, 0.2) is 42.5 Å². The monoisotopic (exact) mass is 547 g/mol. The van der Waals surface area contributed by atoms with E-state index in [0.29, 0.717) is 30.0 Å². The fourth-order valence-corrected chi connectivity index (χ4v) is 5.31. The fraction of sp³-hybridized carbons (Fsp3) is 0.536. The van der Waals surface area contributed by atoms with Crippen molar-refractivity contribution in [2.45, 2.75) is 68.3 Å². The molecule has 3 aliphatic heterocycles. The average Bonchev–Trinajstić information content (AvgIpc) is 3.64. The van der Waals surface area contributed by atoms with Crippen LogP contribution >= 0.6 is 11.6 Å². The summed E-state index contributed by atoms with van der Waals surface area (Å²) in [4.78, 5) is 12.3. The van der Waals surface area contributed by atoms with Crippen LogP contribution in [0.25, 0.3) is 0 Å². The molecule has 7 atom stereocenters. The molecule has 206 valence electrons. The van der Waals surface area contributed by atoms with E-state index < -0.39 is 36.5 Å². The Kier molecular flexibility index (Phi) is 8.84. The van der Waals surface area contributed by atoms with E-state index in [0.717, 1.165) is 42.9 Å². The third kappa shape index (κ3) is 6.31. The highest BCUT2D eigenvalue weighted by Crippen LogP contribution is 2.35. The molecule has 3 saturated heterocycles. The van der Waals surface area contributed by atoms with Gasteiger partial charge < -0.3 is 39.6 Å². The van der Waals surface area contributed by atoms with Crippen molar-refractivity contribution in [3.8, 4) is 5.75 Å². The first kappa shape index (κ1) is 27.3. The lowest BCUT2D eigenvalue weighted by atomic mass is 9.90. The van der Waals surface area contributed by atoms with E-state index >= 15 is 0 Å². The van der Waals surface area contributed by atoms with Gasteiger partial charge in [0.05, 0.1) is 13.2 Å². The zero-order chi connectivity index (χ0) is 26.6. The van der Waals surface area contributed by atoms with Crippen molar-refractivity contribution >= 4 is 17.6 Å². The van der Waals surface area contributed by atoms with Gasteiger partial charge in [0, 0.05) is 11.4 Å². The van der Waals surface area contributed by atoms with E-state index in [1.165, 1.54) is 0 Å². The molecule has 0 radical (unpaired) electrons. The third-order valence-corrected chi connectivity index (χ3v) is 7.72. The van der Waals surface area contributed by atoms with Crippen molar-refractivity contribution in [2.75, 3.05) is 26.4 Å². The van der Waals surface area contributed by atoms with E-state index in [1.54, 1.807) is 12.1 Å². The molecule has 0 bridgehead atoms. The Labute approximate surface area is 226 Å². The van der Waals surface area contributed by atoms with Crippen LogP contribution in [0.5, 0.6) is 5.75 Å². The van der Waals surface area contributed by atoms with Gasteiger partial charge in [0.25, 0.3) is 0 Å². The quantitative estimate of drug-likeness (QED) is 0.367. The lowest BCUT2D eigenvalue weighted by Crippen LogP contribution is -2.55. The Morgan fingerprint density at radius 3 is 2.58 bits per heavy atom. The summed E-state index contributed by atoms with van der Waals surface area (Å²) >= 11 is 6.50. The van der Waals surface area contributed by atoms with Gasteiger partial charge in [-0.2, -0.15) is 0 Å². The molecule has 3 aliphatic rings. The molecule has 0 aromatic heterocycles. The van der Waals surface area contributed by atoms with Crippen molar-refractivity contribution < 1.29 is 39.1 Å². The van der Waals surface area contributed by atoms with Gasteiger partial charge in [-0.25, -0.2) is 0 Å². The Hall–Kier alpha value is -2.24. The molecule has 5 rings (SSSR count). The van der Waals surface area contributed by atoms with Crippen LogP contribution in [0.3, 0.4) is 0 Å². The van der Waals surface area contributed by atoms with Crippen molar-refractivity contribution in [3.63, 3.8) is 0 Å². The third-order valence-electron chi connectivity index (χ3n) is 7.35. The Morgan fingerprint density at radius 2 is 1.87 bits per heavy atom. The number of nitrogens with one attached hydrogen (secondary N) is 1. The fourth-order valence-electron chi connectivity index (χ4n) is 5.13. The Bertz CT molecular complexity index is 1090. The minimum atomic E-state index is -1.47. The number of aliphatic hydroxyl groups excluding tert-OH is 3. The highest BCUT2D eigenvalue weighted by Gasteiger charge is 2.45. The van der Waals surface area contributed by atoms with E-state index in [9.17, 15) is 20.1 Å². The number of halogens is 1. The highest BCUT2D eigenvalue weighted by molar-refractivity contribution is 6.31. The summed E-state index contributed by atoms with van der Waals surface area (Å²) in [6, 6.07) is 12.7. The lowest BCUT2D eigenvalue weighted by molar-refractivity contribution is -0.234. The molecule has 2 aromatic carbocycles. The van der Waals surface area contributed by atoms with Crippen LogP contribution in [-0.2, 0) is 25.4 Å². The average molecular weight is 548 g/mol. The van der Waals surface area contributed by atoms with Crippen LogP contribution in [-0.4, -0.2) is 84.2 Å². The molecule has 38 heavy (non-hydrogen) atoms. The maximum Gasteiger partial charge on any atom is 0.323 e. The van der Waals surface area contributed by atoms with E-state index in [1.807, 2.05) is 30.3 Å². The molecule has 4 N–H and O–H groups in total. The van der Waals surface area contributed by atoms with Crippen LogP contribution in [0, 0.1) is 0 Å². The Balaban J connectivity index is 1.25. The minimum absolute atomic E-state index is 0.0782. The first-order valence-electron chi connectivity index (χ1n) is 13.1. The number of benzene rings is 2. The van der Waals surface area contributed by atoms with Crippen LogP contribution in [0.2, 0.25) is 5.02 Å². The Morgan fingerprint density at radius 1 is 1.05 bits per heavy atom. The number of carbonyl (C=O) groups excluding carboxylic acids is 1. The largest absolute Gasteiger partial charge is 0.488 e. The van der Waals surface area contributed by atoms with Crippen molar-refractivity contribution in [3.05, 3.63) is 64.2 Å². The predicted octanol–water partition coefficient (Wildman–Crippen LogP) is 1.92. The number of hydrogen-bond donors (Lipinski definition) is 4. The van der Waals surface area contributed by atoms with Crippen molar-refractivity contribution in [2.24, 2.45) is 0 Å². The molecule has 2 aromatic rings.